The Kier molecular flexibility index (Phi) is 5.47. The van der Waals surface area contributed by atoms with Gasteiger partial charge in [0, 0.05) is 30.8 Å². The fraction of sp³-hybridized carbons (Fsp3) is 0.538. The molecule has 0 aliphatic rings. The normalized spacial score (nSPS) is 10.3. The van der Waals surface area contributed by atoms with Crippen LogP contribution in [0.25, 0.3) is 0 Å². The summed E-state index contributed by atoms with van der Waals surface area (Å²) in [6.07, 6.45) is 2.22. The van der Waals surface area contributed by atoms with Crippen LogP contribution < -0.4 is 4.74 Å². The van der Waals surface area contributed by atoms with E-state index in [0.717, 1.165) is 22.6 Å². The smallest absolute Gasteiger partial charge is 0.223 e. The molecule has 0 fully saturated rings. The first-order valence-corrected chi connectivity index (χ1v) is 6.48. The van der Waals surface area contributed by atoms with Gasteiger partial charge in [0.05, 0.1) is 19.3 Å². The summed E-state index contributed by atoms with van der Waals surface area (Å²) in [5.74, 6) is 1.48. The van der Waals surface area contributed by atoms with Gasteiger partial charge in [0.1, 0.15) is 5.75 Å². The number of methoxy groups -OCH3 is 1. The number of thiol groups is 1. The molecular weight excluding hydrogens is 248 g/mol. The van der Waals surface area contributed by atoms with Crippen molar-refractivity contribution in [3.63, 3.8) is 0 Å². The summed E-state index contributed by atoms with van der Waals surface area (Å²) in [5, 5.41) is 0. The molecule has 0 aromatic carbocycles. The van der Waals surface area contributed by atoms with E-state index in [9.17, 15) is 4.79 Å². The molecule has 0 atom stereocenters. The second-order valence-corrected chi connectivity index (χ2v) is 4.72. The summed E-state index contributed by atoms with van der Waals surface area (Å²) in [6.45, 7) is 4.42. The largest absolute Gasteiger partial charge is 0.496 e. The lowest BCUT2D eigenvalue weighted by Gasteiger charge is -2.19. The molecule has 0 aliphatic heterocycles. The molecule has 1 aromatic heterocycles. The predicted octanol–water partition coefficient (Wildman–Crippen LogP) is 1.99. The van der Waals surface area contributed by atoms with Crippen LogP contribution in [0.15, 0.2) is 6.20 Å². The molecule has 100 valence electrons. The number of amides is 1. The fourth-order valence-corrected chi connectivity index (χ4v) is 2.02. The molecule has 0 saturated carbocycles. The molecule has 0 unspecified atom stereocenters. The van der Waals surface area contributed by atoms with Gasteiger partial charge in [0.2, 0.25) is 5.91 Å². The number of aromatic nitrogens is 1. The lowest BCUT2D eigenvalue weighted by molar-refractivity contribution is -0.130. The number of hydrogen-bond donors (Lipinski definition) is 1. The molecule has 5 heteroatoms. The molecule has 0 aliphatic carbocycles. The molecular formula is C13H20N2O2S. The van der Waals surface area contributed by atoms with Gasteiger partial charge in [-0.25, -0.2) is 0 Å². The van der Waals surface area contributed by atoms with Crippen LogP contribution in [0, 0.1) is 13.8 Å². The maximum Gasteiger partial charge on any atom is 0.223 e. The third-order valence-electron chi connectivity index (χ3n) is 2.89. The first-order chi connectivity index (χ1) is 8.51. The van der Waals surface area contributed by atoms with Gasteiger partial charge in [-0.05, 0) is 19.6 Å². The summed E-state index contributed by atoms with van der Waals surface area (Å²) < 4.78 is 5.35. The fourth-order valence-electron chi connectivity index (χ4n) is 1.83. The lowest BCUT2D eigenvalue weighted by atomic mass is 10.1. The lowest BCUT2D eigenvalue weighted by Crippen LogP contribution is -2.27. The van der Waals surface area contributed by atoms with Crippen LogP contribution in [0.1, 0.15) is 23.2 Å². The third-order valence-corrected chi connectivity index (χ3v) is 3.11. The van der Waals surface area contributed by atoms with Gasteiger partial charge in [-0.1, -0.05) is 0 Å². The van der Waals surface area contributed by atoms with Crippen LogP contribution in [0.5, 0.6) is 5.75 Å². The molecule has 1 aromatic rings. The Labute approximate surface area is 114 Å². The minimum Gasteiger partial charge on any atom is -0.496 e. The van der Waals surface area contributed by atoms with Gasteiger partial charge in [0.25, 0.3) is 0 Å². The van der Waals surface area contributed by atoms with Gasteiger partial charge in [-0.15, -0.1) is 0 Å². The highest BCUT2D eigenvalue weighted by molar-refractivity contribution is 7.80. The molecule has 1 rings (SSSR count). The topological polar surface area (TPSA) is 42.4 Å². The molecule has 1 heterocycles. The van der Waals surface area contributed by atoms with E-state index in [-0.39, 0.29) is 5.91 Å². The number of pyridine rings is 1. The minimum absolute atomic E-state index is 0.0748. The zero-order valence-corrected chi connectivity index (χ0v) is 12.3. The summed E-state index contributed by atoms with van der Waals surface area (Å²) in [7, 11) is 3.42. The number of aryl methyl sites for hydroxylation is 1. The average molecular weight is 268 g/mol. The first-order valence-electron chi connectivity index (χ1n) is 5.85. The van der Waals surface area contributed by atoms with E-state index in [1.54, 1.807) is 25.3 Å². The maximum absolute atomic E-state index is 11.7. The highest BCUT2D eigenvalue weighted by Crippen LogP contribution is 2.24. The van der Waals surface area contributed by atoms with Crippen LogP contribution in [0.2, 0.25) is 0 Å². The van der Waals surface area contributed by atoms with Crippen molar-refractivity contribution in [2.24, 2.45) is 0 Å². The van der Waals surface area contributed by atoms with Crippen molar-refractivity contribution in [2.75, 3.05) is 19.9 Å². The summed E-state index contributed by atoms with van der Waals surface area (Å²) >= 11 is 4.06. The number of ether oxygens (including phenoxy) is 1. The average Bonchev–Trinajstić information content (AvgIpc) is 2.33. The monoisotopic (exact) mass is 268 g/mol. The number of hydrogen-bond acceptors (Lipinski definition) is 4. The predicted molar refractivity (Wildman–Crippen MR) is 75.2 cm³/mol. The van der Waals surface area contributed by atoms with Gasteiger partial charge in [-0.3, -0.25) is 9.78 Å². The Bertz CT molecular complexity index is 435. The van der Waals surface area contributed by atoms with Gasteiger partial charge in [-0.2, -0.15) is 12.6 Å². The number of carbonyl (C=O) groups is 1. The Morgan fingerprint density at radius 1 is 1.50 bits per heavy atom. The van der Waals surface area contributed by atoms with Crippen molar-refractivity contribution < 1.29 is 9.53 Å². The van der Waals surface area contributed by atoms with E-state index in [1.807, 2.05) is 13.8 Å². The van der Waals surface area contributed by atoms with Gasteiger partial charge < -0.3 is 9.64 Å². The summed E-state index contributed by atoms with van der Waals surface area (Å²) in [4.78, 5) is 17.7. The van der Waals surface area contributed by atoms with Crippen LogP contribution in [-0.2, 0) is 11.3 Å². The summed E-state index contributed by atoms with van der Waals surface area (Å²) in [6, 6.07) is 0. The first kappa shape index (κ1) is 14.8. The van der Waals surface area contributed by atoms with Crippen LogP contribution >= 0.6 is 12.6 Å². The Morgan fingerprint density at radius 3 is 2.72 bits per heavy atom. The van der Waals surface area contributed by atoms with Crippen molar-refractivity contribution in [3.8, 4) is 5.75 Å². The molecule has 1 amide bonds. The van der Waals surface area contributed by atoms with E-state index in [1.165, 1.54) is 0 Å². The second kappa shape index (κ2) is 6.64. The molecule has 0 saturated heterocycles. The van der Waals surface area contributed by atoms with Gasteiger partial charge >= 0.3 is 0 Å². The molecule has 0 bridgehead atoms. The number of carbonyl (C=O) groups excluding carboxylic acids is 1. The highest BCUT2D eigenvalue weighted by Gasteiger charge is 2.14. The van der Waals surface area contributed by atoms with Crippen LogP contribution in [-0.4, -0.2) is 35.7 Å². The zero-order chi connectivity index (χ0) is 13.7. The van der Waals surface area contributed by atoms with Crippen molar-refractivity contribution in [2.45, 2.75) is 26.8 Å². The highest BCUT2D eigenvalue weighted by atomic mass is 32.1. The molecule has 4 nitrogen and oxygen atoms in total. The standard InChI is InChI=1S/C13H20N2O2S/c1-9-7-14-11(10(2)13(9)17-4)8-15(3)12(16)5-6-18/h7,18H,5-6,8H2,1-4H3. The van der Waals surface area contributed by atoms with E-state index in [4.69, 9.17) is 4.74 Å². The van der Waals surface area contributed by atoms with Crippen molar-refractivity contribution in [1.82, 2.24) is 9.88 Å². The zero-order valence-electron chi connectivity index (χ0n) is 11.4. The maximum atomic E-state index is 11.7. The van der Waals surface area contributed by atoms with Crippen molar-refractivity contribution in [1.29, 1.82) is 0 Å². The second-order valence-electron chi connectivity index (χ2n) is 4.27. The quantitative estimate of drug-likeness (QED) is 0.830. The molecule has 0 spiro atoms. The molecule has 0 radical (unpaired) electrons. The minimum atomic E-state index is 0.0748. The number of rotatable bonds is 5. The van der Waals surface area contributed by atoms with E-state index < -0.39 is 0 Å². The molecule has 18 heavy (non-hydrogen) atoms. The Morgan fingerprint density at radius 2 is 2.17 bits per heavy atom. The van der Waals surface area contributed by atoms with E-state index >= 15 is 0 Å². The molecule has 0 N–H and O–H groups in total. The van der Waals surface area contributed by atoms with E-state index in [2.05, 4.69) is 17.6 Å². The van der Waals surface area contributed by atoms with Crippen LogP contribution in [0.4, 0.5) is 0 Å². The summed E-state index contributed by atoms with van der Waals surface area (Å²) in [5.41, 5.74) is 2.86. The number of nitrogens with zero attached hydrogens (tertiary/aromatic N) is 2. The van der Waals surface area contributed by atoms with Crippen molar-refractivity contribution in [3.05, 3.63) is 23.0 Å². The van der Waals surface area contributed by atoms with Crippen molar-refractivity contribution >= 4 is 18.5 Å². The van der Waals surface area contributed by atoms with Crippen LogP contribution in [0.3, 0.4) is 0 Å². The Hall–Kier alpha value is -1.23. The third kappa shape index (κ3) is 3.38. The van der Waals surface area contributed by atoms with E-state index in [0.29, 0.717) is 18.7 Å². The van der Waals surface area contributed by atoms with Gasteiger partial charge in [0.15, 0.2) is 0 Å². The SMILES string of the molecule is COc1c(C)cnc(CN(C)C(=O)CCS)c1C. The Balaban J connectivity index is 2.88.